The largest absolute Gasteiger partial charge is 0.465 e. The van der Waals surface area contributed by atoms with Crippen molar-refractivity contribution < 1.29 is 14.3 Å². The summed E-state index contributed by atoms with van der Waals surface area (Å²) in [6.07, 6.45) is 5.54. The Morgan fingerprint density at radius 3 is 3.29 bits per heavy atom. The first-order chi connectivity index (χ1) is 8.28. The van der Waals surface area contributed by atoms with Crippen LogP contribution in [-0.4, -0.2) is 31.3 Å². The molecule has 1 aromatic rings. The van der Waals surface area contributed by atoms with E-state index in [2.05, 4.69) is 4.98 Å². The molecule has 0 bridgehead atoms. The molecule has 0 N–H and O–H groups in total. The molecule has 0 radical (unpaired) electrons. The number of pyridine rings is 1. The van der Waals surface area contributed by atoms with Crippen molar-refractivity contribution in [3.63, 3.8) is 0 Å². The van der Waals surface area contributed by atoms with Crippen molar-refractivity contribution in [2.75, 3.05) is 20.3 Å². The summed E-state index contributed by atoms with van der Waals surface area (Å²) in [5.41, 5.74) is 1.82. The summed E-state index contributed by atoms with van der Waals surface area (Å²) in [6.45, 7) is 1.57. The van der Waals surface area contributed by atoms with E-state index in [1.54, 1.807) is 12.3 Å². The summed E-state index contributed by atoms with van der Waals surface area (Å²) in [4.78, 5) is 15.9. The molecule has 1 saturated heterocycles. The van der Waals surface area contributed by atoms with Crippen molar-refractivity contribution in [2.24, 2.45) is 5.92 Å². The average Bonchev–Trinajstić information content (AvgIpc) is 3.13. The number of hydrogen-bond acceptors (Lipinski definition) is 4. The van der Waals surface area contributed by atoms with Gasteiger partial charge in [-0.3, -0.25) is 4.98 Å². The van der Waals surface area contributed by atoms with Crippen LogP contribution in [0.25, 0.3) is 0 Å². The highest BCUT2D eigenvalue weighted by Crippen LogP contribution is 2.59. The van der Waals surface area contributed by atoms with Gasteiger partial charge in [0, 0.05) is 24.4 Å². The first-order valence-electron chi connectivity index (χ1n) is 5.88. The van der Waals surface area contributed by atoms with Gasteiger partial charge in [0.05, 0.1) is 19.3 Å². The Morgan fingerprint density at radius 2 is 2.53 bits per heavy atom. The molecule has 1 aromatic heterocycles. The SMILES string of the molecule is COC(=O)c1ccncc1C12CCOCC1C2. The summed E-state index contributed by atoms with van der Waals surface area (Å²) in [5.74, 6) is 0.276. The molecule has 4 heteroatoms. The molecule has 0 spiro atoms. The molecule has 2 atom stereocenters. The Balaban J connectivity index is 2.01. The normalized spacial score (nSPS) is 30.5. The number of methoxy groups -OCH3 is 1. The lowest BCUT2D eigenvalue weighted by molar-refractivity contribution is 0.0590. The second-order valence-electron chi connectivity index (χ2n) is 4.79. The quantitative estimate of drug-likeness (QED) is 0.727. The minimum Gasteiger partial charge on any atom is -0.465 e. The first kappa shape index (κ1) is 10.7. The van der Waals surface area contributed by atoms with Gasteiger partial charge in [-0.25, -0.2) is 4.79 Å². The molecule has 1 aliphatic heterocycles. The predicted molar refractivity (Wildman–Crippen MR) is 60.8 cm³/mol. The number of rotatable bonds is 2. The Bertz CT molecular complexity index is 460. The fourth-order valence-corrected chi connectivity index (χ4v) is 2.93. The second kappa shape index (κ2) is 3.81. The molecule has 1 saturated carbocycles. The van der Waals surface area contributed by atoms with Crippen molar-refractivity contribution in [1.82, 2.24) is 4.98 Å². The van der Waals surface area contributed by atoms with E-state index in [9.17, 15) is 4.79 Å². The number of carbonyl (C=O) groups excluding carboxylic acids is 1. The molecule has 0 aromatic carbocycles. The number of nitrogens with zero attached hydrogens (tertiary/aromatic N) is 1. The maximum Gasteiger partial charge on any atom is 0.338 e. The molecule has 17 heavy (non-hydrogen) atoms. The van der Waals surface area contributed by atoms with Gasteiger partial charge in [-0.2, -0.15) is 0 Å². The van der Waals surface area contributed by atoms with E-state index in [1.165, 1.54) is 7.11 Å². The zero-order valence-electron chi connectivity index (χ0n) is 9.81. The third-order valence-corrected chi connectivity index (χ3v) is 4.01. The number of carbonyl (C=O) groups is 1. The molecule has 2 aliphatic rings. The topological polar surface area (TPSA) is 48.4 Å². The summed E-state index contributed by atoms with van der Waals surface area (Å²) >= 11 is 0. The van der Waals surface area contributed by atoms with Gasteiger partial charge in [0.1, 0.15) is 0 Å². The molecule has 2 unspecified atom stereocenters. The van der Waals surface area contributed by atoms with Crippen molar-refractivity contribution >= 4 is 5.97 Å². The van der Waals surface area contributed by atoms with Crippen molar-refractivity contribution in [3.8, 4) is 0 Å². The first-order valence-corrected chi connectivity index (χ1v) is 5.88. The van der Waals surface area contributed by atoms with Crippen LogP contribution in [0.2, 0.25) is 0 Å². The number of hydrogen-bond donors (Lipinski definition) is 0. The van der Waals surface area contributed by atoms with Gasteiger partial charge in [-0.05, 0) is 30.4 Å². The van der Waals surface area contributed by atoms with E-state index >= 15 is 0 Å². The minimum absolute atomic E-state index is 0.121. The van der Waals surface area contributed by atoms with Gasteiger partial charge in [0.2, 0.25) is 0 Å². The molecule has 0 amide bonds. The van der Waals surface area contributed by atoms with Gasteiger partial charge in [-0.1, -0.05) is 0 Å². The lowest BCUT2D eigenvalue weighted by atomic mass is 9.87. The van der Waals surface area contributed by atoms with Crippen LogP contribution in [0, 0.1) is 5.92 Å². The molecule has 90 valence electrons. The molecular weight excluding hydrogens is 218 g/mol. The second-order valence-corrected chi connectivity index (χ2v) is 4.79. The standard InChI is InChI=1S/C13H15NO3/c1-16-12(15)10-2-4-14-7-11(10)13-3-5-17-8-9(13)6-13/h2,4,7,9H,3,5-6,8H2,1H3. The van der Waals surface area contributed by atoms with Crippen LogP contribution < -0.4 is 0 Å². The van der Waals surface area contributed by atoms with Crippen molar-refractivity contribution in [3.05, 3.63) is 29.6 Å². The van der Waals surface area contributed by atoms with E-state index in [0.29, 0.717) is 11.5 Å². The van der Waals surface area contributed by atoms with E-state index in [-0.39, 0.29) is 11.4 Å². The van der Waals surface area contributed by atoms with E-state index in [0.717, 1.165) is 31.6 Å². The van der Waals surface area contributed by atoms with Crippen LogP contribution in [0.5, 0.6) is 0 Å². The maximum absolute atomic E-state index is 11.8. The minimum atomic E-state index is -0.270. The Hall–Kier alpha value is -1.42. The maximum atomic E-state index is 11.8. The van der Waals surface area contributed by atoms with Crippen LogP contribution in [0.3, 0.4) is 0 Å². The lowest BCUT2D eigenvalue weighted by Crippen LogP contribution is -2.24. The number of aromatic nitrogens is 1. The van der Waals surface area contributed by atoms with Gasteiger partial charge < -0.3 is 9.47 Å². The van der Waals surface area contributed by atoms with Crippen LogP contribution in [-0.2, 0) is 14.9 Å². The fraction of sp³-hybridized carbons (Fsp3) is 0.538. The number of fused-ring (bicyclic) bond motifs is 1. The Morgan fingerprint density at radius 1 is 1.65 bits per heavy atom. The molecule has 3 rings (SSSR count). The zero-order chi connectivity index (χ0) is 11.9. The molecule has 2 heterocycles. The third-order valence-electron chi connectivity index (χ3n) is 4.01. The van der Waals surface area contributed by atoms with Gasteiger partial charge in [0.25, 0.3) is 0 Å². The fourth-order valence-electron chi connectivity index (χ4n) is 2.93. The monoisotopic (exact) mass is 233 g/mol. The van der Waals surface area contributed by atoms with Crippen LogP contribution in [0.1, 0.15) is 28.8 Å². The summed E-state index contributed by atoms with van der Waals surface area (Å²) < 4.78 is 10.3. The smallest absolute Gasteiger partial charge is 0.338 e. The highest BCUT2D eigenvalue weighted by molar-refractivity contribution is 5.91. The number of ether oxygens (including phenoxy) is 2. The zero-order valence-corrected chi connectivity index (χ0v) is 9.81. The van der Waals surface area contributed by atoms with Gasteiger partial charge in [0.15, 0.2) is 0 Å². The van der Waals surface area contributed by atoms with E-state index < -0.39 is 0 Å². The highest BCUT2D eigenvalue weighted by Gasteiger charge is 2.57. The van der Waals surface area contributed by atoms with Crippen LogP contribution in [0.15, 0.2) is 18.5 Å². The number of esters is 1. The van der Waals surface area contributed by atoms with Crippen molar-refractivity contribution in [2.45, 2.75) is 18.3 Å². The predicted octanol–water partition coefficient (Wildman–Crippen LogP) is 1.55. The summed E-state index contributed by atoms with van der Waals surface area (Å²) in [6, 6.07) is 1.75. The van der Waals surface area contributed by atoms with Gasteiger partial charge in [-0.15, -0.1) is 0 Å². The van der Waals surface area contributed by atoms with Crippen molar-refractivity contribution in [1.29, 1.82) is 0 Å². The third kappa shape index (κ3) is 1.55. The summed E-state index contributed by atoms with van der Waals surface area (Å²) in [7, 11) is 1.42. The van der Waals surface area contributed by atoms with E-state index in [4.69, 9.17) is 9.47 Å². The van der Waals surface area contributed by atoms with Crippen LogP contribution >= 0.6 is 0 Å². The Labute approximate surface area is 99.9 Å². The van der Waals surface area contributed by atoms with Gasteiger partial charge >= 0.3 is 5.97 Å². The van der Waals surface area contributed by atoms with E-state index in [1.807, 2.05) is 6.20 Å². The molecular formula is C13H15NO3. The average molecular weight is 233 g/mol. The molecule has 2 fully saturated rings. The molecule has 1 aliphatic carbocycles. The lowest BCUT2D eigenvalue weighted by Gasteiger charge is -2.23. The Kier molecular flexibility index (Phi) is 2.40. The molecule has 4 nitrogen and oxygen atoms in total. The van der Waals surface area contributed by atoms with Crippen LogP contribution in [0.4, 0.5) is 0 Å². The summed E-state index contributed by atoms with van der Waals surface area (Å²) in [5, 5.41) is 0. The highest BCUT2D eigenvalue weighted by atomic mass is 16.5.